The Labute approximate surface area is 110 Å². The highest BCUT2D eigenvalue weighted by Crippen LogP contribution is 2.20. The highest BCUT2D eigenvalue weighted by atomic mass is 19.1. The molecule has 1 atom stereocenters. The second-order valence-corrected chi connectivity index (χ2v) is 4.47. The van der Waals surface area contributed by atoms with E-state index in [1.807, 2.05) is 6.92 Å². The maximum atomic E-state index is 12.9. The Kier molecular flexibility index (Phi) is 3.64. The summed E-state index contributed by atoms with van der Waals surface area (Å²) in [5, 5.41) is 3.70. The molecule has 1 aromatic carbocycles. The quantitative estimate of drug-likeness (QED) is 0.854. The number of carbonyl (C=O) groups is 1. The largest absolute Gasteiger partial charge is 0.361 e. The van der Waals surface area contributed by atoms with Gasteiger partial charge in [-0.2, -0.15) is 0 Å². The number of nitrogens with zero attached hydrogens (tertiary/aromatic N) is 2. The first kappa shape index (κ1) is 13.3. The van der Waals surface area contributed by atoms with Gasteiger partial charge < -0.3 is 9.42 Å². The topological polar surface area (TPSA) is 46.3 Å². The molecule has 1 amide bonds. The summed E-state index contributed by atoms with van der Waals surface area (Å²) in [5.74, 6) is 0.0666. The van der Waals surface area contributed by atoms with Gasteiger partial charge in [-0.05, 0) is 31.5 Å². The molecule has 0 saturated heterocycles. The van der Waals surface area contributed by atoms with Gasteiger partial charge in [0.1, 0.15) is 11.6 Å². The third-order valence-electron chi connectivity index (χ3n) is 3.10. The van der Waals surface area contributed by atoms with Crippen LogP contribution in [0.2, 0.25) is 0 Å². The van der Waals surface area contributed by atoms with Crippen molar-refractivity contribution in [3.63, 3.8) is 0 Å². The zero-order valence-electron chi connectivity index (χ0n) is 11.1. The van der Waals surface area contributed by atoms with Crippen LogP contribution in [0.25, 0.3) is 0 Å². The minimum atomic E-state index is -0.294. The van der Waals surface area contributed by atoms with Gasteiger partial charge in [0.25, 0.3) is 5.91 Å². The standard InChI is InChI=1S/C14H15FN2O2/c1-9-8-13(16-19-9)14(18)17(3)10(2)11-4-6-12(15)7-5-11/h4-8,10H,1-3H3. The van der Waals surface area contributed by atoms with Gasteiger partial charge in [0.15, 0.2) is 5.69 Å². The first-order valence-corrected chi connectivity index (χ1v) is 5.95. The van der Waals surface area contributed by atoms with Crippen molar-refractivity contribution < 1.29 is 13.7 Å². The maximum Gasteiger partial charge on any atom is 0.276 e. The zero-order chi connectivity index (χ0) is 14.0. The van der Waals surface area contributed by atoms with E-state index in [0.717, 1.165) is 5.56 Å². The van der Waals surface area contributed by atoms with E-state index in [1.54, 1.807) is 37.1 Å². The van der Waals surface area contributed by atoms with Crippen LogP contribution in [0.15, 0.2) is 34.9 Å². The van der Waals surface area contributed by atoms with E-state index >= 15 is 0 Å². The fraction of sp³-hybridized carbons (Fsp3) is 0.286. The Balaban J connectivity index is 2.16. The fourth-order valence-corrected chi connectivity index (χ4v) is 1.79. The van der Waals surface area contributed by atoms with Crippen molar-refractivity contribution in [3.8, 4) is 0 Å². The molecule has 0 radical (unpaired) electrons. The third-order valence-corrected chi connectivity index (χ3v) is 3.10. The van der Waals surface area contributed by atoms with Crippen molar-refractivity contribution in [2.45, 2.75) is 19.9 Å². The number of hydrogen-bond acceptors (Lipinski definition) is 3. The predicted octanol–water partition coefficient (Wildman–Crippen LogP) is 2.96. The lowest BCUT2D eigenvalue weighted by Crippen LogP contribution is -2.29. The lowest BCUT2D eigenvalue weighted by Gasteiger charge is -2.24. The first-order chi connectivity index (χ1) is 8.99. The third kappa shape index (κ3) is 2.81. The average Bonchev–Trinajstić information content (AvgIpc) is 2.84. The predicted molar refractivity (Wildman–Crippen MR) is 68.1 cm³/mol. The minimum Gasteiger partial charge on any atom is -0.361 e. The number of aryl methyl sites for hydroxylation is 1. The average molecular weight is 262 g/mol. The molecule has 0 aliphatic heterocycles. The smallest absolute Gasteiger partial charge is 0.276 e. The SMILES string of the molecule is Cc1cc(C(=O)N(C)C(C)c2ccc(F)cc2)no1. The molecule has 4 nitrogen and oxygen atoms in total. The van der Waals surface area contributed by atoms with Gasteiger partial charge in [0.05, 0.1) is 6.04 Å². The van der Waals surface area contributed by atoms with Crippen molar-refractivity contribution in [1.29, 1.82) is 0 Å². The highest BCUT2D eigenvalue weighted by Gasteiger charge is 2.21. The van der Waals surface area contributed by atoms with Crippen molar-refractivity contribution in [2.24, 2.45) is 0 Å². The molecule has 0 saturated carbocycles. The van der Waals surface area contributed by atoms with Gasteiger partial charge in [-0.25, -0.2) is 4.39 Å². The van der Waals surface area contributed by atoms with Crippen LogP contribution < -0.4 is 0 Å². The monoisotopic (exact) mass is 262 g/mol. The van der Waals surface area contributed by atoms with Crippen LogP contribution in [0.5, 0.6) is 0 Å². The van der Waals surface area contributed by atoms with Crippen molar-refractivity contribution in [1.82, 2.24) is 10.1 Å². The van der Waals surface area contributed by atoms with Crippen LogP contribution in [-0.2, 0) is 0 Å². The van der Waals surface area contributed by atoms with Crippen molar-refractivity contribution >= 4 is 5.91 Å². The van der Waals surface area contributed by atoms with Crippen molar-refractivity contribution in [3.05, 3.63) is 53.2 Å². The molecular formula is C14H15FN2O2. The molecular weight excluding hydrogens is 247 g/mol. The Morgan fingerprint density at radius 3 is 2.53 bits per heavy atom. The molecule has 0 fully saturated rings. The summed E-state index contributed by atoms with van der Waals surface area (Å²) < 4.78 is 17.8. The van der Waals surface area contributed by atoms with E-state index in [1.165, 1.54) is 12.1 Å². The number of aromatic nitrogens is 1. The summed E-state index contributed by atoms with van der Waals surface area (Å²) in [5.41, 5.74) is 1.13. The summed E-state index contributed by atoms with van der Waals surface area (Å²) in [6, 6.07) is 7.51. The number of hydrogen-bond donors (Lipinski definition) is 0. The Morgan fingerprint density at radius 1 is 1.37 bits per heavy atom. The molecule has 2 rings (SSSR count). The lowest BCUT2D eigenvalue weighted by atomic mass is 10.1. The molecule has 0 spiro atoms. The Morgan fingerprint density at radius 2 is 2.00 bits per heavy atom. The van der Waals surface area contributed by atoms with Crippen LogP contribution in [0.1, 0.15) is 34.8 Å². The molecule has 0 aliphatic carbocycles. The second kappa shape index (κ2) is 5.22. The molecule has 19 heavy (non-hydrogen) atoms. The normalized spacial score (nSPS) is 12.2. The number of amides is 1. The number of halogens is 1. The summed E-state index contributed by atoms with van der Waals surface area (Å²) in [7, 11) is 1.68. The molecule has 2 aromatic rings. The number of benzene rings is 1. The number of rotatable bonds is 3. The van der Waals surface area contributed by atoms with E-state index in [0.29, 0.717) is 5.76 Å². The zero-order valence-corrected chi connectivity index (χ0v) is 11.1. The Bertz CT molecular complexity index is 577. The van der Waals surface area contributed by atoms with Gasteiger partial charge in [-0.3, -0.25) is 4.79 Å². The molecule has 0 aliphatic rings. The van der Waals surface area contributed by atoms with Crippen LogP contribution >= 0.6 is 0 Å². The summed E-state index contributed by atoms with van der Waals surface area (Å²) in [6.45, 7) is 3.60. The summed E-state index contributed by atoms with van der Waals surface area (Å²) in [6.07, 6.45) is 0. The van der Waals surface area contributed by atoms with E-state index in [-0.39, 0.29) is 23.5 Å². The first-order valence-electron chi connectivity index (χ1n) is 5.95. The van der Waals surface area contributed by atoms with Crippen LogP contribution in [-0.4, -0.2) is 23.0 Å². The molecule has 100 valence electrons. The van der Waals surface area contributed by atoms with Gasteiger partial charge in [0.2, 0.25) is 0 Å². The molecule has 1 unspecified atom stereocenters. The molecule has 1 heterocycles. The molecule has 0 N–H and O–H groups in total. The van der Waals surface area contributed by atoms with Gasteiger partial charge >= 0.3 is 0 Å². The van der Waals surface area contributed by atoms with Crippen molar-refractivity contribution in [2.75, 3.05) is 7.05 Å². The summed E-state index contributed by atoms with van der Waals surface area (Å²) in [4.78, 5) is 13.7. The van der Waals surface area contributed by atoms with Crippen LogP contribution in [0.3, 0.4) is 0 Å². The fourth-order valence-electron chi connectivity index (χ4n) is 1.79. The van der Waals surface area contributed by atoms with E-state index in [4.69, 9.17) is 4.52 Å². The second-order valence-electron chi connectivity index (χ2n) is 4.47. The van der Waals surface area contributed by atoms with Gasteiger partial charge in [-0.1, -0.05) is 17.3 Å². The van der Waals surface area contributed by atoms with E-state index in [2.05, 4.69) is 5.16 Å². The van der Waals surface area contributed by atoms with Crippen LogP contribution in [0, 0.1) is 12.7 Å². The van der Waals surface area contributed by atoms with E-state index in [9.17, 15) is 9.18 Å². The van der Waals surface area contributed by atoms with Crippen LogP contribution in [0.4, 0.5) is 4.39 Å². The maximum absolute atomic E-state index is 12.9. The highest BCUT2D eigenvalue weighted by molar-refractivity contribution is 5.92. The molecule has 1 aromatic heterocycles. The number of carbonyl (C=O) groups excluding carboxylic acids is 1. The van der Waals surface area contributed by atoms with Gasteiger partial charge in [-0.15, -0.1) is 0 Å². The Hall–Kier alpha value is -2.17. The minimum absolute atomic E-state index is 0.176. The van der Waals surface area contributed by atoms with Gasteiger partial charge in [0, 0.05) is 13.1 Å². The molecule has 5 heteroatoms. The lowest BCUT2D eigenvalue weighted by molar-refractivity contribution is 0.0732. The summed E-state index contributed by atoms with van der Waals surface area (Å²) >= 11 is 0. The molecule has 0 bridgehead atoms. The van der Waals surface area contributed by atoms with E-state index < -0.39 is 0 Å².